The number of rotatable bonds is 7. The zero-order chi connectivity index (χ0) is 13.7. The molecule has 0 saturated carbocycles. The highest BCUT2D eigenvalue weighted by Gasteiger charge is 2.09. The Hall–Kier alpha value is -1.28. The van der Waals surface area contributed by atoms with E-state index in [9.17, 15) is 4.79 Å². The summed E-state index contributed by atoms with van der Waals surface area (Å²) >= 11 is 1.38. The van der Waals surface area contributed by atoms with Crippen LogP contribution in [-0.4, -0.2) is 41.4 Å². The molecular formula is C12H17N3O3S. The number of H-pyrrole nitrogens is 1. The van der Waals surface area contributed by atoms with Gasteiger partial charge in [-0.05, 0) is 17.9 Å². The van der Waals surface area contributed by atoms with Crippen LogP contribution in [0, 0.1) is 0 Å². The average Bonchev–Trinajstić information content (AvgIpc) is 2.85. The molecule has 1 unspecified atom stereocenters. The zero-order valence-corrected chi connectivity index (χ0v) is 11.5. The first-order valence-corrected chi connectivity index (χ1v) is 6.92. The molecule has 19 heavy (non-hydrogen) atoms. The van der Waals surface area contributed by atoms with Crippen molar-refractivity contribution in [3.05, 3.63) is 27.6 Å². The molecule has 0 fully saturated rings. The lowest BCUT2D eigenvalue weighted by Gasteiger charge is -2.16. The molecule has 0 radical (unpaired) electrons. The molecule has 104 valence electrons. The van der Waals surface area contributed by atoms with Crippen LogP contribution in [-0.2, 0) is 11.3 Å². The van der Waals surface area contributed by atoms with Crippen LogP contribution in [0.15, 0.2) is 16.2 Å². The lowest BCUT2D eigenvalue weighted by atomic mass is 10.2. The molecule has 0 aliphatic heterocycles. The zero-order valence-electron chi connectivity index (χ0n) is 10.7. The van der Waals surface area contributed by atoms with Gasteiger partial charge in [0.25, 0.3) is 5.56 Å². The minimum absolute atomic E-state index is 0.0403. The fourth-order valence-corrected chi connectivity index (χ4v) is 2.57. The Morgan fingerprint density at radius 3 is 3.21 bits per heavy atom. The van der Waals surface area contributed by atoms with Crippen molar-refractivity contribution in [2.75, 3.05) is 20.3 Å². The van der Waals surface area contributed by atoms with Gasteiger partial charge in [0.2, 0.25) is 0 Å². The molecule has 0 spiro atoms. The van der Waals surface area contributed by atoms with Crippen LogP contribution in [0.25, 0.3) is 10.2 Å². The van der Waals surface area contributed by atoms with Gasteiger partial charge in [-0.1, -0.05) is 0 Å². The van der Waals surface area contributed by atoms with Gasteiger partial charge in [0, 0.05) is 19.8 Å². The maximum Gasteiger partial charge on any atom is 0.268 e. The molecule has 0 saturated heterocycles. The highest BCUT2D eigenvalue weighted by atomic mass is 32.1. The van der Waals surface area contributed by atoms with Crippen LogP contribution >= 0.6 is 11.3 Å². The summed E-state index contributed by atoms with van der Waals surface area (Å²) in [6.07, 6.45) is 0.596. The predicted molar refractivity (Wildman–Crippen MR) is 74.4 cm³/mol. The summed E-state index contributed by atoms with van der Waals surface area (Å²) in [5.41, 5.74) is 0.609. The van der Waals surface area contributed by atoms with E-state index < -0.39 is 0 Å². The monoisotopic (exact) mass is 283 g/mol. The molecule has 6 nitrogen and oxygen atoms in total. The maximum absolute atomic E-state index is 11.8. The number of thiophene rings is 1. The first-order valence-electron chi connectivity index (χ1n) is 6.04. The second-order valence-electron chi connectivity index (χ2n) is 4.19. The fourth-order valence-electron chi connectivity index (χ4n) is 1.85. The van der Waals surface area contributed by atoms with Crippen molar-refractivity contribution >= 4 is 21.6 Å². The summed E-state index contributed by atoms with van der Waals surface area (Å²) in [5, 5.41) is 14.0. The van der Waals surface area contributed by atoms with Crippen molar-refractivity contribution in [2.45, 2.75) is 19.0 Å². The molecule has 2 rings (SSSR count). The summed E-state index contributed by atoms with van der Waals surface area (Å²) in [4.78, 5) is 18.9. The number of nitrogens with one attached hydrogen (secondary N) is 2. The van der Waals surface area contributed by atoms with E-state index >= 15 is 0 Å². The summed E-state index contributed by atoms with van der Waals surface area (Å²) in [6, 6.07) is 1.87. The molecular weight excluding hydrogens is 266 g/mol. The van der Waals surface area contributed by atoms with Crippen molar-refractivity contribution in [1.82, 2.24) is 15.3 Å². The third-order valence-corrected chi connectivity index (χ3v) is 3.67. The third-order valence-electron chi connectivity index (χ3n) is 2.77. The average molecular weight is 283 g/mol. The molecule has 0 aliphatic rings. The van der Waals surface area contributed by atoms with Gasteiger partial charge in [0.15, 0.2) is 0 Å². The van der Waals surface area contributed by atoms with Crippen molar-refractivity contribution in [3.8, 4) is 0 Å². The molecule has 3 N–H and O–H groups in total. The predicted octanol–water partition coefficient (Wildman–Crippen LogP) is 0.472. The summed E-state index contributed by atoms with van der Waals surface area (Å²) < 4.78 is 5.71. The normalized spacial score (nSPS) is 12.9. The van der Waals surface area contributed by atoms with Gasteiger partial charge in [0.1, 0.15) is 10.5 Å². The van der Waals surface area contributed by atoms with E-state index in [1.165, 1.54) is 11.3 Å². The molecule has 2 heterocycles. The molecule has 0 amide bonds. The Kier molecular flexibility index (Phi) is 5.03. The second kappa shape index (κ2) is 6.76. The molecule has 2 aromatic rings. The van der Waals surface area contributed by atoms with E-state index in [2.05, 4.69) is 15.3 Å². The van der Waals surface area contributed by atoms with Crippen LogP contribution in [0.3, 0.4) is 0 Å². The largest absolute Gasteiger partial charge is 0.396 e. The number of aromatic amines is 1. The lowest BCUT2D eigenvalue weighted by Crippen LogP contribution is -2.34. The van der Waals surface area contributed by atoms with E-state index in [1.54, 1.807) is 7.11 Å². The number of aliphatic hydroxyl groups is 1. The molecule has 1 atom stereocenters. The van der Waals surface area contributed by atoms with Gasteiger partial charge < -0.3 is 20.1 Å². The number of nitrogens with zero attached hydrogens (tertiary/aromatic N) is 1. The number of aromatic nitrogens is 2. The van der Waals surface area contributed by atoms with Crippen LogP contribution in [0.5, 0.6) is 0 Å². The summed E-state index contributed by atoms with van der Waals surface area (Å²) in [6.45, 7) is 1.04. The number of hydrogen-bond donors (Lipinski definition) is 3. The van der Waals surface area contributed by atoms with Gasteiger partial charge in [-0.3, -0.25) is 4.79 Å². The Morgan fingerprint density at radius 1 is 1.63 bits per heavy atom. The van der Waals surface area contributed by atoms with Crippen LogP contribution < -0.4 is 10.9 Å². The molecule has 0 aliphatic carbocycles. The van der Waals surface area contributed by atoms with E-state index in [4.69, 9.17) is 9.84 Å². The summed E-state index contributed by atoms with van der Waals surface area (Å²) in [5.74, 6) is 0.593. The molecule has 2 aromatic heterocycles. The minimum atomic E-state index is -0.109. The standard InChI is InChI=1S/C12H17N3O3S/c1-18-7-8(2-4-16)13-6-10-14-9-3-5-19-11(9)12(17)15-10/h3,5,8,13,16H,2,4,6-7H2,1H3,(H,14,15,17). The van der Waals surface area contributed by atoms with Crippen molar-refractivity contribution < 1.29 is 9.84 Å². The topological polar surface area (TPSA) is 87.2 Å². The summed E-state index contributed by atoms with van der Waals surface area (Å²) in [7, 11) is 1.61. The number of methoxy groups -OCH3 is 1. The van der Waals surface area contributed by atoms with Crippen molar-refractivity contribution in [3.63, 3.8) is 0 Å². The van der Waals surface area contributed by atoms with E-state index in [0.29, 0.717) is 30.1 Å². The SMILES string of the molecule is COCC(CCO)NCc1nc2ccsc2c(=O)[nH]1. The lowest BCUT2D eigenvalue weighted by molar-refractivity contribution is 0.147. The Balaban J connectivity index is 2.06. The van der Waals surface area contributed by atoms with Crippen molar-refractivity contribution in [2.24, 2.45) is 0 Å². The smallest absolute Gasteiger partial charge is 0.268 e. The van der Waals surface area contributed by atoms with E-state index in [-0.39, 0.29) is 18.2 Å². The fraction of sp³-hybridized carbons (Fsp3) is 0.500. The number of aliphatic hydroxyl groups excluding tert-OH is 1. The van der Waals surface area contributed by atoms with Gasteiger partial charge in [0.05, 0.1) is 18.7 Å². The minimum Gasteiger partial charge on any atom is -0.396 e. The van der Waals surface area contributed by atoms with Crippen LogP contribution in [0.1, 0.15) is 12.2 Å². The van der Waals surface area contributed by atoms with Gasteiger partial charge >= 0.3 is 0 Å². The first-order chi connectivity index (χ1) is 9.24. The first kappa shape index (κ1) is 14.1. The third kappa shape index (κ3) is 3.60. The highest BCUT2D eigenvalue weighted by Crippen LogP contribution is 2.13. The van der Waals surface area contributed by atoms with Gasteiger partial charge in [-0.25, -0.2) is 4.98 Å². The second-order valence-corrected chi connectivity index (χ2v) is 5.11. The van der Waals surface area contributed by atoms with Crippen molar-refractivity contribution in [1.29, 1.82) is 0 Å². The van der Waals surface area contributed by atoms with E-state index in [0.717, 1.165) is 5.52 Å². The number of ether oxygens (including phenoxy) is 1. The Labute approximate surface area is 114 Å². The number of fused-ring (bicyclic) bond motifs is 1. The molecule has 0 aromatic carbocycles. The Bertz CT molecular complexity index is 575. The number of hydrogen-bond acceptors (Lipinski definition) is 6. The van der Waals surface area contributed by atoms with E-state index in [1.807, 2.05) is 11.4 Å². The van der Waals surface area contributed by atoms with Gasteiger partial charge in [-0.15, -0.1) is 11.3 Å². The Morgan fingerprint density at radius 2 is 2.47 bits per heavy atom. The highest BCUT2D eigenvalue weighted by molar-refractivity contribution is 7.17. The van der Waals surface area contributed by atoms with Crippen LogP contribution in [0.2, 0.25) is 0 Å². The maximum atomic E-state index is 11.8. The molecule has 0 bridgehead atoms. The van der Waals surface area contributed by atoms with Crippen LogP contribution in [0.4, 0.5) is 0 Å². The molecule has 7 heteroatoms. The quantitative estimate of drug-likeness (QED) is 0.687. The van der Waals surface area contributed by atoms with Gasteiger partial charge in [-0.2, -0.15) is 0 Å².